The summed E-state index contributed by atoms with van der Waals surface area (Å²) in [6, 6.07) is 0. The Morgan fingerprint density at radius 2 is 1.81 bits per heavy atom. The molecule has 0 aromatic carbocycles. The van der Waals surface area contributed by atoms with Crippen molar-refractivity contribution in [1.82, 2.24) is 4.90 Å². The number of carboxylic acid groups (broad SMARTS) is 1. The first-order valence-corrected chi connectivity index (χ1v) is 8.94. The molecule has 0 aromatic rings. The molecule has 4 heteroatoms. The van der Waals surface area contributed by atoms with Gasteiger partial charge in [-0.25, -0.2) is 4.79 Å². The lowest BCUT2D eigenvalue weighted by Gasteiger charge is -2.37. The summed E-state index contributed by atoms with van der Waals surface area (Å²) in [5.41, 5.74) is 3.63. The van der Waals surface area contributed by atoms with Crippen molar-refractivity contribution in [3.63, 3.8) is 0 Å². The molecule has 1 N–H and O–H groups in total. The quantitative estimate of drug-likeness (QED) is 0.555. The lowest BCUT2D eigenvalue weighted by Crippen LogP contribution is -2.40. The number of rotatable bonds is 6. The van der Waals surface area contributed by atoms with Gasteiger partial charge in [0.2, 0.25) is 5.91 Å². The normalized spacial score (nSPS) is 22.4. The van der Waals surface area contributed by atoms with Gasteiger partial charge in [-0.15, -0.1) is 0 Å². The highest BCUT2D eigenvalue weighted by molar-refractivity contribution is 5.86. The lowest BCUT2D eigenvalue weighted by molar-refractivity contribution is -0.137. The fourth-order valence-electron chi connectivity index (χ4n) is 3.35. The summed E-state index contributed by atoms with van der Waals surface area (Å²) in [5.74, 6) is -0.801. The van der Waals surface area contributed by atoms with E-state index in [-0.39, 0.29) is 5.91 Å². The van der Waals surface area contributed by atoms with Gasteiger partial charge in [-0.1, -0.05) is 41.5 Å². The van der Waals surface area contributed by atoms with Crippen LogP contribution in [0.15, 0.2) is 58.7 Å². The second-order valence-corrected chi connectivity index (χ2v) is 7.41. The number of carbonyl (C=O) groups is 2. The molecule has 0 unspecified atom stereocenters. The van der Waals surface area contributed by atoms with Crippen molar-refractivity contribution in [1.29, 1.82) is 0 Å². The molecule has 1 amide bonds. The van der Waals surface area contributed by atoms with E-state index in [1.165, 1.54) is 11.6 Å². The van der Waals surface area contributed by atoms with Gasteiger partial charge >= 0.3 is 5.97 Å². The molecule has 1 aliphatic carbocycles. The van der Waals surface area contributed by atoms with Crippen molar-refractivity contribution >= 4 is 11.9 Å². The van der Waals surface area contributed by atoms with Crippen LogP contribution in [0.2, 0.25) is 0 Å². The van der Waals surface area contributed by atoms with E-state index in [0.29, 0.717) is 5.57 Å². The fraction of sp³-hybridized carbons (Fsp3) is 0.455. The van der Waals surface area contributed by atoms with E-state index in [2.05, 4.69) is 13.0 Å². The van der Waals surface area contributed by atoms with E-state index < -0.39 is 11.4 Å². The van der Waals surface area contributed by atoms with Crippen molar-refractivity contribution in [2.24, 2.45) is 5.41 Å². The average Bonchev–Trinajstić information content (AvgIpc) is 2.52. The van der Waals surface area contributed by atoms with Crippen LogP contribution in [0.4, 0.5) is 0 Å². The molecule has 142 valence electrons. The standard InChI is InChI=1S/C22H31NO3/c1-16(9-7-10-17(2)15-20(24)25)12-13-19-18(3)11-8-14-22(19,4)21(26)23(5)6/h7,9-10,12-13,15H,8,11,14H2,1-6H3,(H,24,25)/b10-7+,13-12+,16-9+,17-15+/t22-/m0/s1. The van der Waals surface area contributed by atoms with Crippen molar-refractivity contribution in [3.8, 4) is 0 Å². The second kappa shape index (κ2) is 9.37. The Bertz CT molecular complexity index is 705. The first-order chi connectivity index (χ1) is 12.1. The van der Waals surface area contributed by atoms with Crippen LogP contribution in [-0.4, -0.2) is 36.0 Å². The molecule has 26 heavy (non-hydrogen) atoms. The monoisotopic (exact) mass is 357 g/mol. The number of allylic oxidation sites excluding steroid dienone is 8. The molecule has 1 atom stereocenters. The zero-order valence-electron chi connectivity index (χ0n) is 16.8. The first-order valence-electron chi connectivity index (χ1n) is 8.94. The first kappa shape index (κ1) is 21.7. The fourth-order valence-corrected chi connectivity index (χ4v) is 3.35. The number of hydrogen-bond donors (Lipinski definition) is 1. The van der Waals surface area contributed by atoms with E-state index in [1.54, 1.807) is 17.9 Å². The van der Waals surface area contributed by atoms with Crippen molar-refractivity contribution in [2.75, 3.05) is 14.1 Å². The van der Waals surface area contributed by atoms with Gasteiger partial charge in [0.25, 0.3) is 0 Å². The summed E-state index contributed by atoms with van der Waals surface area (Å²) in [6.07, 6.45) is 13.7. The molecule has 0 aliphatic heterocycles. The topological polar surface area (TPSA) is 57.6 Å². The van der Waals surface area contributed by atoms with Crippen LogP contribution >= 0.6 is 0 Å². The second-order valence-electron chi connectivity index (χ2n) is 7.41. The largest absolute Gasteiger partial charge is 0.478 e. The van der Waals surface area contributed by atoms with Crippen LogP contribution in [0.25, 0.3) is 0 Å². The maximum atomic E-state index is 12.7. The Hall–Kier alpha value is -2.36. The molecule has 0 spiro atoms. The van der Waals surface area contributed by atoms with Gasteiger partial charge in [0.1, 0.15) is 0 Å². The summed E-state index contributed by atoms with van der Waals surface area (Å²) in [7, 11) is 3.61. The average molecular weight is 357 g/mol. The smallest absolute Gasteiger partial charge is 0.328 e. The molecule has 1 rings (SSSR count). The summed E-state index contributed by atoms with van der Waals surface area (Å²) >= 11 is 0. The minimum absolute atomic E-state index is 0.146. The summed E-state index contributed by atoms with van der Waals surface area (Å²) in [4.78, 5) is 25.0. The predicted molar refractivity (Wildman–Crippen MR) is 107 cm³/mol. The maximum Gasteiger partial charge on any atom is 0.328 e. The van der Waals surface area contributed by atoms with Crippen LogP contribution < -0.4 is 0 Å². The number of aliphatic carboxylic acids is 1. The summed E-state index contributed by atoms with van der Waals surface area (Å²) in [5, 5.41) is 8.71. The predicted octanol–water partition coefficient (Wildman–Crippen LogP) is 4.67. The highest BCUT2D eigenvalue weighted by Gasteiger charge is 2.39. The molecular formula is C22H31NO3. The number of amides is 1. The third kappa shape index (κ3) is 5.87. The third-order valence-electron chi connectivity index (χ3n) is 4.74. The maximum absolute atomic E-state index is 12.7. The van der Waals surface area contributed by atoms with E-state index in [4.69, 9.17) is 5.11 Å². The highest BCUT2D eigenvalue weighted by atomic mass is 16.4. The molecular weight excluding hydrogens is 326 g/mol. The third-order valence-corrected chi connectivity index (χ3v) is 4.74. The summed E-state index contributed by atoms with van der Waals surface area (Å²) < 4.78 is 0. The van der Waals surface area contributed by atoms with Gasteiger partial charge in [-0.3, -0.25) is 4.79 Å². The molecule has 0 bridgehead atoms. The molecule has 0 radical (unpaired) electrons. The summed E-state index contributed by atoms with van der Waals surface area (Å²) in [6.45, 7) is 7.88. The molecule has 1 aliphatic rings. The number of carbonyl (C=O) groups excluding carboxylic acids is 1. The minimum Gasteiger partial charge on any atom is -0.478 e. The zero-order valence-corrected chi connectivity index (χ0v) is 16.8. The Kier molecular flexibility index (Phi) is 7.81. The van der Waals surface area contributed by atoms with E-state index in [0.717, 1.165) is 30.4 Å². The van der Waals surface area contributed by atoms with Crippen LogP contribution in [0.5, 0.6) is 0 Å². The molecule has 0 saturated carbocycles. The Morgan fingerprint density at radius 1 is 1.15 bits per heavy atom. The molecule has 0 aromatic heterocycles. The highest BCUT2D eigenvalue weighted by Crippen LogP contribution is 2.42. The van der Waals surface area contributed by atoms with Crippen LogP contribution in [-0.2, 0) is 9.59 Å². The Labute approximate surface area is 157 Å². The van der Waals surface area contributed by atoms with Gasteiger partial charge in [0.05, 0.1) is 5.41 Å². The van der Waals surface area contributed by atoms with Crippen molar-refractivity contribution in [2.45, 2.75) is 47.0 Å². The lowest BCUT2D eigenvalue weighted by atomic mass is 9.70. The van der Waals surface area contributed by atoms with E-state index >= 15 is 0 Å². The molecule has 0 fully saturated rings. The van der Waals surface area contributed by atoms with Crippen molar-refractivity contribution in [3.05, 3.63) is 58.7 Å². The van der Waals surface area contributed by atoms with Crippen LogP contribution in [0.1, 0.15) is 47.0 Å². The SMILES string of the molecule is CC1=C(/C=C/C(C)=C/C=C/C(C)=C/C(=O)O)[C@@](C)(C(=O)N(C)C)CCC1. The van der Waals surface area contributed by atoms with E-state index in [9.17, 15) is 9.59 Å². The van der Waals surface area contributed by atoms with Gasteiger partial charge in [0, 0.05) is 20.2 Å². The van der Waals surface area contributed by atoms with Crippen LogP contribution in [0, 0.1) is 5.41 Å². The van der Waals surface area contributed by atoms with Gasteiger partial charge in [-0.05, 0) is 58.1 Å². The van der Waals surface area contributed by atoms with Gasteiger partial charge in [0.15, 0.2) is 0 Å². The zero-order chi connectivity index (χ0) is 19.9. The molecule has 0 heterocycles. The van der Waals surface area contributed by atoms with Gasteiger partial charge in [-0.2, -0.15) is 0 Å². The Morgan fingerprint density at radius 3 is 2.38 bits per heavy atom. The number of carboxylic acids is 1. The molecule has 4 nitrogen and oxygen atoms in total. The van der Waals surface area contributed by atoms with Crippen molar-refractivity contribution < 1.29 is 14.7 Å². The van der Waals surface area contributed by atoms with E-state index in [1.807, 2.05) is 46.2 Å². The number of hydrogen-bond acceptors (Lipinski definition) is 2. The van der Waals surface area contributed by atoms with Crippen LogP contribution in [0.3, 0.4) is 0 Å². The molecule has 0 saturated heterocycles. The van der Waals surface area contributed by atoms with Gasteiger partial charge < -0.3 is 10.0 Å². The minimum atomic E-state index is -0.947. The Balaban J connectivity index is 3.02. The number of nitrogens with zero attached hydrogens (tertiary/aromatic N) is 1.